The largest absolute Gasteiger partial charge is 0.497 e. The van der Waals surface area contributed by atoms with E-state index >= 15 is 0 Å². The molecular weight excluding hydrogens is 328 g/mol. The van der Waals surface area contributed by atoms with Crippen molar-refractivity contribution in [2.45, 2.75) is 32.1 Å². The van der Waals surface area contributed by atoms with Gasteiger partial charge in [-0.05, 0) is 42.4 Å². The molecule has 6 heteroatoms. The monoisotopic (exact) mass is 356 g/mol. The van der Waals surface area contributed by atoms with E-state index in [1.54, 1.807) is 26.2 Å². The van der Waals surface area contributed by atoms with Gasteiger partial charge in [0.05, 0.1) is 14.2 Å². The first kappa shape index (κ1) is 18.5. The average Bonchev–Trinajstić information content (AvgIpc) is 2.73. The molecule has 0 saturated heterocycles. The van der Waals surface area contributed by atoms with Crippen LogP contribution in [-0.2, 0) is 0 Å². The van der Waals surface area contributed by atoms with Crippen molar-refractivity contribution in [3.63, 3.8) is 0 Å². The maximum atomic E-state index is 5.51. The molecule has 0 aromatic heterocycles. The van der Waals surface area contributed by atoms with Crippen molar-refractivity contribution in [1.82, 2.24) is 4.72 Å². The summed E-state index contributed by atoms with van der Waals surface area (Å²) < 4.78 is 15.5. The molecule has 0 aliphatic carbocycles. The Balaban J connectivity index is 2.17. The van der Waals surface area contributed by atoms with Crippen LogP contribution < -0.4 is 14.2 Å². The van der Waals surface area contributed by atoms with Gasteiger partial charge in [-0.3, -0.25) is 4.72 Å². The second-order valence-corrected chi connectivity index (χ2v) is 11.8. The Morgan fingerprint density at radius 1 is 1.17 bits per heavy atom. The van der Waals surface area contributed by atoms with E-state index in [9.17, 15) is 0 Å². The highest BCUT2D eigenvalue weighted by Crippen LogP contribution is 2.64. The molecule has 2 rings (SSSR count). The number of nitrogens with one attached hydrogen (secondary N) is 1. The Labute approximate surface area is 145 Å². The maximum absolute atomic E-state index is 5.51. The normalized spacial score (nSPS) is 17.4. The fourth-order valence-electron chi connectivity index (χ4n) is 2.30. The van der Waals surface area contributed by atoms with E-state index in [2.05, 4.69) is 44.1 Å². The minimum Gasteiger partial charge on any atom is -0.497 e. The lowest BCUT2D eigenvalue weighted by Gasteiger charge is -2.28. The number of benzene rings is 1. The van der Waals surface area contributed by atoms with Gasteiger partial charge in [-0.2, -0.15) is 10.0 Å². The molecule has 4 nitrogen and oxygen atoms in total. The molecule has 0 atom stereocenters. The Morgan fingerprint density at radius 3 is 2.43 bits per heavy atom. The van der Waals surface area contributed by atoms with E-state index in [0.29, 0.717) is 5.41 Å². The summed E-state index contributed by atoms with van der Waals surface area (Å²) in [5.41, 5.74) is 1.29. The predicted molar refractivity (Wildman–Crippen MR) is 104 cm³/mol. The molecule has 0 radical (unpaired) electrons. The van der Waals surface area contributed by atoms with Gasteiger partial charge >= 0.3 is 0 Å². The molecule has 0 bridgehead atoms. The van der Waals surface area contributed by atoms with E-state index < -0.39 is 10.0 Å². The Bertz CT molecular complexity index is 607. The fraction of sp³-hybridized carbons (Fsp3) is 0.588. The lowest BCUT2D eigenvalue weighted by atomic mass is 9.93. The highest BCUT2D eigenvalue weighted by atomic mass is 32.3. The Hall–Kier alpha value is -0.850. The Morgan fingerprint density at radius 2 is 1.87 bits per heavy atom. The van der Waals surface area contributed by atoms with Crippen LogP contribution in [0.15, 0.2) is 22.0 Å². The fourth-order valence-corrected chi connectivity index (χ4v) is 5.59. The molecule has 0 saturated carbocycles. The van der Waals surface area contributed by atoms with Crippen LogP contribution >= 0.6 is 22.0 Å². The molecule has 23 heavy (non-hydrogen) atoms. The van der Waals surface area contributed by atoms with Crippen molar-refractivity contribution in [3.05, 3.63) is 12.1 Å². The van der Waals surface area contributed by atoms with Gasteiger partial charge in [0.1, 0.15) is 21.6 Å². The molecule has 0 unspecified atom stereocenters. The molecule has 130 valence electrons. The van der Waals surface area contributed by atoms with Crippen molar-refractivity contribution < 1.29 is 9.47 Å². The third-order valence-electron chi connectivity index (χ3n) is 3.80. The standard InChI is InChI=1S/C17H28N2O2S2/c1-17(2,3)8-9-18-22-16-19-15-13(21-5)10-12(20-4)11-14(15)23(16,6)7/h10-11,18H,8-9H2,1-7H3. The predicted octanol–water partition coefficient (Wildman–Crippen LogP) is 4.80. The maximum Gasteiger partial charge on any atom is 0.149 e. The summed E-state index contributed by atoms with van der Waals surface area (Å²) in [5.74, 6) is 1.61. The highest BCUT2D eigenvalue weighted by molar-refractivity contribution is 8.57. The minimum absolute atomic E-state index is 0.340. The van der Waals surface area contributed by atoms with Crippen molar-refractivity contribution in [2.24, 2.45) is 10.4 Å². The summed E-state index contributed by atoms with van der Waals surface area (Å²) in [4.78, 5) is 6.09. The highest BCUT2D eigenvalue weighted by Gasteiger charge is 2.34. The van der Waals surface area contributed by atoms with Crippen LogP contribution in [0, 0.1) is 5.41 Å². The lowest BCUT2D eigenvalue weighted by Crippen LogP contribution is -2.17. The van der Waals surface area contributed by atoms with E-state index in [1.807, 2.05) is 6.07 Å². The zero-order valence-corrected chi connectivity index (χ0v) is 16.8. The number of nitrogens with zero attached hydrogens (tertiary/aromatic N) is 1. The number of hydrogen-bond donors (Lipinski definition) is 1. The summed E-state index contributed by atoms with van der Waals surface area (Å²) >= 11 is 1.66. The second kappa shape index (κ2) is 6.95. The molecule has 0 amide bonds. The van der Waals surface area contributed by atoms with Gasteiger partial charge in [-0.1, -0.05) is 20.8 Å². The van der Waals surface area contributed by atoms with Crippen molar-refractivity contribution >= 4 is 32.0 Å². The van der Waals surface area contributed by atoms with E-state index in [-0.39, 0.29) is 0 Å². The van der Waals surface area contributed by atoms with Crippen LogP contribution in [0.5, 0.6) is 11.5 Å². The van der Waals surface area contributed by atoms with Gasteiger partial charge < -0.3 is 9.47 Å². The summed E-state index contributed by atoms with van der Waals surface area (Å²) in [6, 6.07) is 4.00. The van der Waals surface area contributed by atoms with Crippen LogP contribution in [-0.4, -0.2) is 37.7 Å². The number of ether oxygens (including phenoxy) is 2. The van der Waals surface area contributed by atoms with Crippen molar-refractivity contribution in [2.75, 3.05) is 33.3 Å². The quantitative estimate of drug-likeness (QED) is 0.467. The second-order valence-electron chi connectivity index (χ2n) is 7.19. The Kier molecular flexibility index (Phi) is 5.59. The molecule has 1 heterocycles. The van der Waals surface area contributed by atoms with Crippen LogP contribution in [0.2, 0.25) is 0 Å². The number of aliphatic imine (C=N–C) groups is 1. The third kappa shape index (κ3) is 4.17. The first-order chi connectivity index (χ1) is 10.7. The molecule has 0 spiro atoms. The van der Waals surface area contributed by atoms with E-state index in [1.165, 1.54) is 4.90 Å². The molecule has 1 N–H and O–H groups in total. The van der Waals surface area contributed by atoms with Gasteiger partial charge in [0.2, 0.25) is 0 Å². The average molecular weight is 357 g/mol. The minimum atomic E-state index is -1.14. The molecular formula is C17H28N2O2S2. The van der Waals surface area contributed by atoms with Crippen LogP contribution in [0.1, 0.15) is 27.2 Å². The first-order valence-electron chi connectivity index (χ1n) is 7.67. The summed E-state index contributed by atoms with van der Waals surface area (Å²) in [6.07, 6.45) is 5.68. The van der Waals surface area contributed by atoms with Gasteiger partial charge in [0.25, 0.3) is 0 Å². The zero-order valence-electron chi connectivity index (χ0n) is 15.1. The number of methoxy groups -OCH3 is 2. The topological polar surface area (TPSA) is 42.9 Å². The number of rotatable bonds is 5. The van der Waals surface area contributed by atoms with Crippen molar-refractivity contribution in [3.8, 4) is 11.5 Å². The van der Waals surface area contributed by atoms with Crippen LogP contribution in [0.3, 0.4) is 0 Å². The molecule has 1 aliphatic rings. The summed E-state index contributed by atoms with van der Waals surface area (Å²) in [7, 11) is 2.23. The molecule has 0 fully saturated rings. The molecule has 1 aromatic carbocycles. The zero-order chi connectivity index (χ0) is 17.3. The number of hydrogen-bond acceptors (Lipinski definition) is 5. The third-order valence-corrected chi connectivity index (χ3v) is 8.28. The van der Waals surface area contributed by atoms with Crippen LogP contribution in [0.25, 0.3) is 0 Å². The van der Waals surface area contributed by atoms with E-state index in [0.717, 1.165) is 34.5 Å². The first-order valence-corrected chi connectivity index (χ1v) is 10.9. The smallest absolute Gasteiger partial charge is 0.149 e. The van der Waals surface area contributed by atoms with Crippen molar-refractivity contribution in [1.29, 1.82) is 0 Å². The molecule has 1 aliphatic heterocycles. The van der Waals surface area contributed by atoms with Gasteiger partial charge in [-0.15, -0.1) is 0 Å². The van der Waals surface area contributed by atoms with Crippen LogP contribution in [0.4, 0.5) is 5.69 Å². The van der Waals surface area contributed by atoms with Gasteiger partial charge in [0, 0.05) is 17.5 Å². The number of fused-ring (bicyclic) bond motifs is 1. The SMILES string of the molecule is COc1cc(OC)c2c(c1)S(C)(C)C(SNCCC(C)(C)C)=N2. The lowest BCUT2D eigenvalue weighted by molar-refractivity contribution is 0.380. The summed E-state index contributed by atoms with van der Waals surface area (Å²) in [5, 5.41) is 0. The summed E-state index contributed by atoms with van der Waals surface area (Å²) in [6.45, 7) is 7.75. The van der Waals surface area contributed by atoms with E-state index in [4.69, 9.17) is 14.5 Å². The van der Waals surface area contributed by atoms with Gasteiger partial charge in [0.15, 0.2) is 0 Å². The van der Waals surface area contributed by atoms with Gasteiger partial charge in [-0.25, -0.2) is 4.99 Å². The molecule has 1 aromatic rings.